The molecule has 0 saturated heterocycles. The second-order valence-electron chi connectivity index (χ2n) is 2.00. The molecule has 0 aromatic heterocycles. The van der Waals surface area contributed by atoms with Crippen LogP contribution in [0.15, 0.2) is 12.1 Å². The van der Waals surface area contributed by atoms with Crippen LogP contribution in [0.1, 0.15) is 11.1 Å². The maximum atomic E-state index is 8.75. The molecule has 2 nitrogen and oxygen atoms in total. The van der Waals surface area contributed by atoms with E-state index in [0.29, 0.717) is 11.1 Å². The maximum Gasteiger partial charge on any atom is 0.102 e. The molecule has 0 unspecified atom stereocenters. The topological polar surface area (TPSA) is 47.6 Å². The van der Waals surface area contributed by atoms with E-state index in [0.717, 1.165) is 7.14 Å². The number of hydrogen-bond donors (Lipinski definition) is 0. The van der Waals surface area contributed by atoms with Crippen molar-refractivity contribution in [1.29, 1.82) is 10.5 Å². The van der Waals surface area contributed by atoms with E-state index in [2.05, 4.69) is 0 Å². The quantitative estimate of drug-likeness (QED) is 0.650. The third kappa shape index (κ3) is 1.70. The van der Waals surface area contributed by atoms with Crippen LogP contribution >= 0.6 is 45.2 Å². The summed E-state index contributed by atoms with van der Waals surface area (Å²) < 4.78 is 1.65. The van der Waals surface area contributed by atoms with Crippen LogP contribution in [0.4, 0.5) is 0 Å². The van der Waals surface area contributed by atoms with Gasteiger partial charge < -0.3 is 0 Å². The summed E-state index contributed by atoms with van der Waals surface area (Å²) >= 11 is 4.10. The fourth-order valence-electron chi connectivity index (χ4n) is 0.770. The lowest BCUT2D eigenvalue weighted by Crippen LogP contribution is -1.91. The van der Waals surface area contributed by atoms with Crippen molar-refractivity contribution < 1.29 is 0 Å². The zero-order valence-electron chi connectivity index (χ0n) is 5.81. The van der Waals surface area contributed by atoms with Gasteiger partial charge in [0.25, 0.3) is 0 Å². The lowest BCUT2D eigenvalue weighted by molar-refractivity contribution is 1.39. The van der Waals surface area contributed by atoms with Crippen molar-refractivity contribution in [1.82, 2.24) is 0 Å². The fourth-order valence-corrected chi connectivity index (χ4v) is 1.91. The van der Waals surface area contributed by atoms with Gasteiger partial charge in [0.15, 0.2) is 0 Å². The third-order valence-corrected chi connectivity index (χ3v) is 3.13. The molecule has 12 heavy (non-hydrogen) atoms. The van der Waals surface area contributed by atoms with E-state index >= 15 is 0 Å². The fraction of sp³-hybridized carbons (Fsp3) is 0. The molecule has 0 aliphatic carbocycles. The van der Waals surface area contributed by atoms with E-state index in [1.807, 2.05) is 69.5 Å². The summed E-state index contributed by atoms with van der Waals surface area (Å²) in [6.07, 6.45) is 0. The van der Waals surface area contributed by atoms with E-state index in [9.17, 15) is 0 Å². The predicted molar refractivity (Wildman–Crippen MR) is 61.3 cm³/mol. The normalized spacial score (nSPS) is 8.67. The zero-order valence-corrected chi connectivity index (χ0v) is 10.1. The van der Waals surface area contributed by atoms with E-state index in [1.165, 1.54) is 0 Å². The van der Waals surface area contributed by atoms with Gasteiger partial charge in [0.1, 0.15) is 12.1 Å². The van der Waals surface area contributed by atoms with Crippen LogP contribution in [-0.2, 0) is 0 Å². The maximum absolute atomic E-state index is 8.75. The molecule has 1 rings (SSSR count). The number of halogens is 2. The zero-order chi connectivity index (χ0) is 9.14. The molecule has 0 N–H and O–H groups in total. The Labute approximate surface area is 97.5 Å². The van der Waals surface area contributed by atoms with Crippen LogP contribution in [0.25, 0.3) is 0 Å². The Hall–Kier alpha value is -0.340. The van der Waals surface area contributed by atoms with Crippen molar-refractivity contribution in [2.24, 2.45) is 0 Å². The van der Waals surface area contributed by atoms with Crippen LogP contribution in [-0.4, -0.2) is 0 Å². The average Bonchev–Trinajstić information content (AvgIpc) is 2.08. The molecule has 4 heteroatoms. The van der Waals surface area contributed by atoms with Crippen molar-refractivity contribution in [3.63, 3.8) is 0 Å². The van der Waals surface area contributed by atoms with Crippen LogP contribution in [0.2, 0.25) is 0 Å². The van der Waals surface area contributed by atoms with Gasteiger partial charge in [0, 0.05) is 7.14 Å². The monoisotopic (exact) mass is 380 g/mol. The number of rotatable bonds is 0. The molecule has 58 valence electrons. The molecule has 0 heterocycles. The van der Waals surface area contributed by atoms with Crippen LogP contribution < -0.4 is 0 Å². The summed E-state index contributed by atoms with van der Waals surface area (Å²) in [6.45, 7) is 0. The van der Waals surface area contributed by atoms with Crippen LogP contribution in [0.5, 0.6) is 0 Å². The lowest BCUT2D eigenvalue weighted by atomic mass is 10.1. The van der Waals surface area contributed by atoms with Gasteiger partial charge in [-0.25, -0.2) is 0 Å². The molecule has 1 aromatic carbocycles. The van der Waals surface area contributed by atoms with Crippen molar-refractivity contribution in [2.75, 3.05) is 0 Å². The van der Waals surface area contributed by atoms with Gasteiger partial charge in [-0.3, -0.25) is 0 Å². The molecule has 0 aliphatic heterocycles. The predicted octanol–water partition coefficient (Wildman–Crippen LogP) is 2.64. The number of nitriles is 2. The summed E-state index contributed by atoms with van der Waals surface area (Å²) in [5.41, 5.74) is 0.954. The van der Waals surface area contributed by atoms with Gasteiger partial charge in [-0.2, -0.15) is 10.5 Å². The second kappa shape index (κ2) is 4.06. The Morgan fingerprint density at radius 2 is 1.25 bits per heavy atom. The Morgan fingerprint density at radius 1 is 0.917 bits per heavy atom. The molecular formula is C8H2I2N2. The highest BCUT2D eigenvalue weighted by Gasteiger charge is 2.08. The van der Waals surface area contributed by atoms with Crippen molar-refractivity contribution in [3.05, 3.63) is 30.4 Å². The summed E-state index contributed by atoms with van der Waals surface area (Å²) in [5.74, 6) is 0. The standard InChI is InChI=1S/C8H2I2N2/c9-7-1-2-8(10)6(4-12)5(7)3-11/h1-2H. The molecule has 0 aliphatic rings. The van der Waals surface area contributed by atoms with Crippen molar-refractivity contribution in [3.8, 4) is 12.1 Å². The molecule has 0 saturated carbocycles. The van der Waals surface area contributed by atoms with Crippen LogP contribution in [0.3, 0.4) is 0 Å². The van der Waals surface area contributed by atoms with Gasteiger partial charge >= 0.3 is 0 Å². The first-order valence-electron chi connectivity index (χ1n) is 2.99. The number of nitrogens with zero attached hydrogens (tertiary/aromatic N) is 2. The molecule has 0 atom stereocenters. The Kier molecular flexibility index (Phi) is 3.29. The van der Waals surface area contributed by atoms with E-state index in [-0.39, 0.29) is 0 Å². The third-order valence-electron chi connectivity index (χ3n) is 1.33. The molecule has 1 aromatic rings. The first-order chi connectivity index (χ1) is 5.70. The minimum atomic E-state index is 0.477. The highest BCUT2D eigenvalue weighted by atomic mass is 127. The van der Waals surface area contributed by atoms with Crippen molar-refractivity contribution in [2.45, 2.75) is 0 Å². The van der Waals surface area contributed by atoms with Crippen LogP contribution in [0, 0.1) is 29.8 Å². The summed E-state index contributed by atoms with van der Waals surface area (Å²) in [5, 5.41) is 17.5. The van der Waals surface area contributed by atoms with Gasteiger partial charge in [0.2, 0.25) is 0 Å². The molecule has 0 bridgehead atoms. The summed E-state index contributed by atoms with van der Waals surface area (Å²) in [7, 11) is 0. The van der Waals surface area contributed by atoms with E-state index < -0.39 is 0 Å². The Balaban J connectivity index is 3.55. The summed E-state index contributed by atoms with van der Waals surface area (Å²) in [4.78, 5) is 0. The summed E-state index contributed by atoms with van der Waals surface area (Å²) in [6, 6.07) is 7.71. The number of benzene rings is 1. The first kappa shape index (κ1) is 9.75. The molecular weight excluding hydrogens is 378 g/mol. The highest BCUT2D eigenvalue weighted by Crippen LogP contribution is 2.20. The largest absolute Gasteiger partial charge is 0.192 e. The van der Waals surface area contributed by atoms with Gasteiger partial charge in [-0.15, -0.1) is 0 Å². The van der Waals surface area contributed by atoms with E-state index in [1.54, 1.807) is 0 Å². The van der Waals surface area contributed by atoms with Gasteiger partial charge in [-0.05, 0) is 57.3 Å². The Bertz CT molecular complexity index is 360. The van der Waals surface area contributed by atoms with E-state index in [4.69, 9.17) is 10.5 Å². The highest BCUT2D eigenvalue weighted by molar-refractivity contribution is 14.1. The van der Waals surface area contributed by atoms with Gasteiger partial charge in [0.05, 0.1) is 11.1 Å². The van der Waals surface area contributed by atoms with Gasteiger partial charge in [-0.1, -0.05) is 0 Å². The van der Waals surface area contributed by atoms with Crippen molar-refractivity contribution >= 4 is 45.2 Å². The molecule has 0 spiro atoms. The average molecular weight is 380 g/mol. The number of hydrogen-bond acceptors (Lipinski definition) is 2. The first-order valence-corrected chi connectivity index (χ1v) is 5.14. The molecule has 0 radical (unpaired) electrons. The smallest absolute Gasteiger partial charge is 0.102 e. The minimum absolute atomic E-state index is 0.477. The second-order valence-corrected chi connectivity index (χ2v) is 4.33. The lowest BCUT2D eigenvalue weighted by Gasteiger charge is -1.99. The Morgan fingerprint density at radius 3 is 1.50 bits per heavy atom. The SMILES string of the molecule is N#Cc1c(I)ccc(I)c1C#N. The minimum Gasteiger partial charge on any atom is -0.192 e. The molecule has 0 fully saturated rings. The molecule has 0 amide bonds.